The molecule has 0 unspecified atom stereocenters. The molecule has 0 aliphatic heterocycles. The van der Waals surface area contributed by atoms with Crippen LogP contribution in [-0.4, -0.2) is 0 Å². The Morgan fingerprint density at radius 3 is 1.41 bits per heavy atom. The molecule has 1 heterocycles. The van der Waals surface area contributed by atoms with Crippen molar-refractivity contribution in [3.63, 3.8) is 0 Å². The van der Waals surface area contributed by atoms with Crippen molar-refractivity contribution in [2.75, 3.05) is 4.90 Å². The molecule has 0 bridgehead atoms. The van der Waals surface area contributed by atoms with Gasteiger partial charge in [0.05, 0.1) is 5.69 Å². The van der Waals surface area contributed by atoms with Gasteiger partial charge in [-0.3, -0.25) is 0 Å². The van der Waals surface area contributed by atoms with E-state index >= 15 is 0 Å². The molecule has 0 spiro atoms. The highest BCUT2D eigenvalue weighted by atomic mass is 16.3. The summed E-state index contributed by atoms with van der Waals surface area (Å²) in [7, 11) is 0. The van der Waals surface area contributed by atoms with Gasteiger partial charge in [-0.1, -0.05) is 206 Å². The van der Waals surface area contributed by atoms with Gasteiger partial charge in [0.15, 0.2) is 0 Å². The minimum absolute atomic E-state index is 0.891. The van der Waals surface area contributed by atoms with Crippen LogP contribution in [-0.2, 0) is 0 Å². The van der Waals surface area contributed by atoms with Gasteiger partial charge in [-0.05, 0) is 127 Å². The average Bonchev–Trinajstić information content (AvgIpc) is 3.78. The van der Waals surface area contributed by atoms with Gasteiger partial charge >= 0.3 is 0 Å². The summed E-state index contributed by atoms with van der Waals surface area (Å²) in [6, 6.07) is 94.0. The van der Waals surface area contributed by atoms with Crippen LogP contribution >= 0.6 is 0 Å². The molecule has 1 aromatic heterocycles. The third-order valence-corrected chi connectivity index (χ3v) is 12.9. The molecule has 66 heavy (non-hydrogen) atoms. The molecule has 12 aromatic rings. The lowest BCUT2D eigenvalue weighted by Gasteiger charge is -2.30. The van der Waals surface area contributed by atoms with Crippen LogP contribution < -0.4 is 4.90 Å². The fourth-order valence-electron chi connectivity index (χ4n) is 9.60. The Labute approximate surface area is 384 Å². The molecular formula is C64H43NO. The van der Waals surface area contributed by atoms with E-state index in [1.54, 1.807) is 0 Å². The van der Waals surface area contributed by atoms with Crippen LogP contribution in [0.4, 0.5) is 17.1 Å². The van der Waals surface area contributed by atoms with Crippen molar-refractivity contribution in [2.24, 2.45) is 0 Å². The molecule has 11 aromatic carbocycles. The van der Waals surface area contributed by atoms with Crippen LogP contribution in [0.3, 0.4) is 0 Å². The van der Waals surface area contributed by atoms with Gasteiger partial charge in [0.1, 0.15) is 11.2 Å². The van der Waals surface area contributed by atoms with E-state index in [0.717, 1.165) is 66.8 Å². The Morgan fingerprint density at radius 2 is 0.727 bits per heavy atom. The molecule has 12 rings (SSSR count). The average molecular weight is 842 g/mol. The second kappa shape index (κ2) is 16.8. The van der Waals surface area contributed by atoms with Crippen LogP contribution in [0, 0.1) is 0 Å². The van der Waals surface area contributed by atoms with Crippen molar-refractivity contribution in [1.82, 2.24) is 0 Å². The van der Waals surface area contributed by atoms with Gasteiger partial charge in [-0.25, -0.2) is 0 Å². The molecule has 0 atom stereocenters. The normalized spacial score (nSPS) is 11.3. The molecule has 310 valence electrons. The summed E-state index contributed by atoms with van der Waals surface area (Å²) in [5.41, 5.74) is 19.0. The zero-order valence-electron chi connectivity index (χ0n) is 36.2. The highest BCUT2D eigenvalue weighted by Gasteiger charge is 2.23. The Kier molecular flexibility index (Phi) is 9.89. The van der Waals surface area contributed by atoms with Gasteiger partial charge in [0.2, 0.25) is 0 Å². The standard InChI is InChI=1S/C64H43NO/c1-3-15-49(16-4-1)56-20-9-10-22-60(56)64-57(50-17-5-2-6-18-50)23-13-24-61(64)65(55-39-34-48(35-40-55)53-36-41-59-58-21-11-12-25-62(58)66-63(59)43-53)54-37-32-46(33-38-54)45-26-28-47(29-27-45)52-31-30-44-14-7-8-19-51(44)42-52/h1-43H. The second-order valence-corrected chi connectivity index (χ2v) is 16.9. The lowest BCUT2D eigenvalue weighted by atomic mass is 9.87. The van der Waals surface area contributed by atoms with E-state index in [9.17, 15) is 0 Å². The predicted octanol–water partition coefficient (Wildman–Crippen LogP) is 18.2. The zero-order valence-corrected chi connectivity index (χ0v) is 36.2. The highest BCUT2D eigenvalue weighted by Crippen LogP contribution is 2.48. The van der Waals surface area contributed by atoms with Crippen LogP contribution in [0.25, 0.3) is 99.5 Å². The third-order valence-electron chi connectivity index (χ3n) is 12.9. The molecule has 2 nitrogen and oxygen atoms in total. The SMILES string of the molecule is c1ccc(-c2ccccc2-c2c(-c3ccccc3)cccc2N(c2ccc(-c3ccc(-c4ccc5ccccc5c4)cc3)cc2)c2ccc(-c3ccc4c(c3)oc3ccccc34)cc2)cc1. The minimum Gasteiger partial charge on any atom is -0.456 e. The summed E-state index contributed by atoms with van der Waals surface area (Å²) < 4.78 is 6.31. The number of hydrogen-bond donors (Lipinski definition) is 0. The van der Waals surface area contributed by atoms with Gasteiger partial charge in [-0.2, -0.15) is 0 Å². The van der Waals surface area contributed by atoms with E-state index in [4.69, 9.17) is 4.42 Å². The summed E-state index contributed by atoms with van der Waals surface area (Å²) in [6.07, 6.45) is 0. The smallest absolute Gasteiger partial charge is 0.136 e. The van der Waals surface area contributed by atoms with Gasteiger partial charge in [-0.15, -0.1) is 0 Å². The predicted molar refractivity (Wildman–Crippen MR) is 279 cm³/mol. The fourth-order valence-corrected chi connectivity index (χ4v) is 9.60. The molecule has 0 aliphatic rings. The van der Waals surface area contributed by atoms with Crippen molar-refractivity contribution < 1.29 is 4.42 Å². The first-order valence-electron chi connectivity index (χ1n) is 22.6. The summed E-state index contributed by atoms with van der Waals surface area (Å²) in [5.74, 6) is 0. The molecule has 0 N–H and O–H groups in total. The quantitative estimate of drug-likeness (QED) is 0.144. The van der Waals surface area contributed by atoms with Crippen molar-refractivity contribution in [1.29, 1.82) is 0 Å². The minimum atomic E-state index is 0.891. The number of anilines is 3. The van der Waals surface area contributed by atoms with Crippen molar-refractivity contribution >= 4 is 49.8 Å². The lowest BCUT2D eigenvalue weighted by Crippen LogP contribution is -2.12. The topological polar surface area (TPSA) is 16.4 Å². The summed E-state index contributed by atoms with van der Waals surface area (Å²) >= 11 is 0. The molecule has 0 fully saturated rings. The van der Waals surface area contributed by atoms with Crippen LogP contribution in [0.1, 0.15) is 0 Å². The maximum atomic E-state index is 6.31. The summed E-state index contributed by atoms with van der Waals surface area (Å²) in [6.45, 7) is 0. The van der Waals surface area contributed by atoms with Crippen LogP contribution in [0.5, 0.6) is 0 Å². The van der Waals surface area contributed by atoms with E-state index in [1.807, 2.05) is 12.1 Å². The molecule has 0 amide bonds. The molecule has 2 heteroatoms. The Hall–Kier alpha value is -8.72. The van der Waals surface area contributed by atoms with E-state index < -0.39 is 0 Å². The molecule has 0 aliphatic carbocycles. The van der Waals surface area contributed by atoms with Gasteiger partial charge < -0.3 is 9.32 Å². The number of furan rings is 1. The number of nitrogens with zero attached hydrogens (tertiary/aromatic N) is 1. The van der Waals surface area contributed by atoms with E-state index in [2.05, 4.69) is 254 Å². The zero-order chi connectivity index (χ0) is 43.8. The second-order valence-electron chi connectivity index (χ2n) is 16.9. The number of fused-ring (bicyclic) bond motifs is 4. The first-order chi connectivity index (χ1) is 32.7. The maximum absolute atomic E-state index is 6.31. The number of hydrogen-bond acceptors (Lipinski definition) is 2. The maximum Gasteiger partial charge on any atom is 0.136 e. The van der Waals surface area contributed by atoms with Crippen LogP contribution in [0.15, 0.2) is 265 Å². The molecule has 0 saturated heterocycles. The Bertz CT molecular complexity index is 3660. The monoisotopic (exact) mass is 841 g/mol. The van der Waals surface area contributed by atoms with E-state index in [0.29, 0.717) is 0 Å². The van der Waals surface area contributed by atoms with Crippen molar-refractivity contribution in [3.8, 4) is 66.8 Å². The van der Waals surface area contributed by atoms with Gasteiger partial charge in [0.25, 0.3) is 0 Å². The summed E-state index contributed by atoms with van der Waals surface area (Å²) in [4.78, 5) is 2.42. The van der Waals surface area contributed by atoms with E-state index in [-0.39, 0.29) is 0 Å². The first kappa shape index (κ1) is 38.9. The lowest BCUT2D eigenvalue weighted by molar-refractivity contribution is 0.669. The van der Waals surface area contributed by atoms with E-state index in [1.165, 1.54) is 49.7 Å². The number of rotatable bonds is 9. The highest BCUT2D eigenvalue weighted by molar-refractivity contribution is 6.06. The molecule has 0 saturated carbocycles. The molecular weight excluding hydrogens is 799 g/mol. The Morgan fingerprint density at radius 1 is 0.258 bits per heavy atom. The van der Waals surface area contributed by atoms with Crippen molar-refractivity contribution in [3.05, 3.63) is 261 Å². The molecule has 0 radical (unpaired) electrons. The largest absolute Gasteiger partial charge is 0.456 e. The number of benzene rings is 11. The van der Waals surface area contributed by atoms with Crippen molar-refractivity contribution in [2.45, 2.75) is 0 Å². The van der Waals surface area contributed by atoms with Crippen LogP contribution in [0.2, 0.25) is 0 Å². The summed E-state index contributed by atoms with van der Waals surface area (Å²) in [5, 5.41) is 4.77. The number of para-hydroxylation sites is 1. The van der Waals surface area contributed by atoms with Gasteiger partial charge in [0, 0.05) is 27.7 Å². The fraction of sp³-hybridized carbons (Fsp3) is 0. The third kappa shape index (κ3) is 7.21. The Balaban J connectivity index is 0.987. The first-order valence-corrected chi connectivity index (χ1v) is 22.6.